The summed E-state index contributed by atoms with van der Waals surface area (Å²) in [6, 6.07) is 14.5. The molecule has 2 aromatic heterocycles. The van der Waals surface area contributed by atoms with Crippen LogP contribution in [0.2, 0.25) is 0 Å². The number of hydrogen-bond acceptors (Lipinski definition) is 4. The lowest BCUT2D eigenvalue weighted by molar-refractivity contribution is -0.137. The number of nitrogens with zero attached hydrogens (tertiary/aromatic N) is 3. The molecule has 0 aliphatic heterocycles. The first-order chi connectivity index (χ1) is 16.1. The van der Waals surface area contributed by atoms with Crippen LogP contribution in [0.25, 0.3) is 22.4 Å². The molecule has 174 valence electrons. The van der Waals surface area contributed by atoms with E-state index in [0.29, 0.717) is 27.9 Å². The first-order valence-electron chi connectivity index (χ1n) is 10.6. The lowest BCUT2D eigenvalue weighted by atomic mass is 10.1. The predicted octanol–water partition coefficient (Wildman–Crippen LogP) is 4.99. The summed E-state index contributed by atoms with van der Waals surface area (Å²) in [5, 5.41) is 2.68. The Hall–Kier alpha value is -4.01. The van der Waals surface area contributed by atoms with Gasteiger partial charge in [0, 0.05) is 29.9 Å². The molecule has 34 heavy (non-hydrogen) atoms. The standard InChI is InChI=1S/C25H21F3N4O2/c1-15(2)32-22-20(4-3-13-29-22)31-21(24(32)34)17-7-9-18(10-8-17)23(33)30-14-16-5-11-19(12-6-16)25(26,27)28/h3-13,15H,14H2,1-2H3,(H,30,33). The predicted molar refractivity (Wildman–Crippen MR) is 122 cm³/mol. The number of aromatic nitrogens is 3. The Morgan fingerprint density at radius 2 is 1.71 bits per heavy atom. The van der Waals surface area contributed by atoms with Crippen LogP contribution < -0.4 is 10.9 Å². The first kappa shape index (κ1) is 23.2. The van der Waals surface area contributed by atoms with Crippen LogP contribution >= 0.6 is 0 Å². The number of fused-ring (bicyclic) bond motifs is 1. The molecule has 2 heterocycles. The van der Waals surface area contributed by atoms with Gasteiger partial charge in [-0.2, -0.15) is 13.2 Å². The number of benzene rings is 2. The molecule has 0 bridgehead atoms. The van der Waals surface area contributed by atoms with Gasteiger partial charge in [-0.25, -0.2) is 9.97 Å². The molecule has 4 rings (SSSR count). The number of pyridine rings is 1. The van der Waals surface area contributed by atoms with E-state index < -0.39 is 11.7 Å². The highest BCUT2D eigenvalue weighted by molar-refractivity contribution is 5.94. The van der Waals surface area contributed by atoms with Crippen molar-refractivity contribution in [1.29, 1.82) is 0 Å². The fourth-order valence-corrected chi connectivity index (χ4v) is 3.58. The third kappa shape index (κ3) is 4.68. The van der Waals surface area contributed by atoms with Crippen molar-refractivity contribution < 1.29 is 18.0 Å². The number of amides is 1. The zero-order chi connectivity index (χ0) is 24.5. The summed E-state index contributed by atoms with van der Waals surface area (Å²) in [6.45, 7) is 3.86. The summed E-state index contributed by atoms with van der Waals surface area (Å²) in [5.41, 5.74) is 1.78. The molecule has 0 spiro atoms. The van der Waals surface area contributed by atoms with Crippen LogP contribution in [0.3, 0.4) is 0 Å². The average molecular weight is 466 g/mol. The molecule has 1 N–H and O–H groups in total. The van der Waals surface area contributed by atoms with E-state index in [1.54, 1.807) is 47.2 Å². The second-order valence-electron chi connectivity index (χ2n) is 8.03. The number of carbonyl (C=O) groups is 1. The second-order valence-corrected chi connectivity index (χ2v) is 8.03. The SMILES string of the molecule is CC(C)n1c(=O)c(-c2ccc(C(=O)NCc3ccc(C(F)(F)F)cc3)cc2)nc2cccnc21. The third-order valence-electron chi connectivity index (χ3n) is 5.32. The highest BCUT2D eigenvalue weighted by atomic mass is 19.4. The van der Waals surface area contributed by atoms with Crippen molar-refractivity contribution in [3.63, 3.8) is 0 Å². The number of alkyl halides is 3. The van der Waals surface area contributed by atoms with E-state index in [2.05, 4.69) is 15.3 Å². The summed E-state index contributed by atoms with van der Waals surface area (Å²) in [4.78, 5) is 34.4. The van der Waals surface area contributed by atoms with Gasteiger partial charge in [0.05, 0.1) is 5.56 Å². The number of hydrogen-bond donors (Lipinski definition) is 1. The van der Waals surface area contributed by atoms with Gasteiger partial charge in [0.15, 0.2) is 5.65 Å². The molecular formula is C25H21F3N4O2. The Balaban J connectivity index is 1.53. The van der Waals surface area contributed by atoms with Gasteiger partial charge in [0.2, 0.25) is 0 Å². The first-order valence-corrected chi connectivity index (χ1v) is 10.6. The molecule has 0 atom stereocenters. The molecule has 0 aliphatic rings. The normalized spacial score (nSPS) is 11.7. The van der Waals surface area contributed by atoms with Crippen molar-refractivity contribution in [2.45, 2.75) is 32.6 Å². The maximum absolute atomic E-state index is 13.1. The molecule has 9 heteroatoms. The summed E-state index contributed by atoms with van der Waals surface area (Å²) in [7, 11) is 0. The summed E-state index contributed by atoms with van der Waals surface area (Å²) >= 11 is 0. The Morgan fingerprint density at radius 1 is 1.03 bits per heavy atom. The van der Waals surface area contributed by atoms with Crippen molar-refractivity contribution in [2.75, 3.05) is 0 Å². The lowest BCUT2D eigenvalue weighted by Gasteiger charge is -2.14. The monoisotopic (exact) mass is 466 g/mol. The topological polar surface area (TPSA) is 76.9 Å². The Labute approximate surface area is 193 Å². The summed E-state index contributed by atoms with van der Waals surface area (Å²) in [6.07, 6.45) is -2.79. The molecule has 6 nitrogen and oxygen atoms in total. The fourth-order valence-electron chi connectivity index (χ4n) is 3.58. The molecule has 0 saturated heterocycles. The minimum Gasteiger partial charge on any atom is -0.348 e. The molecule has 0 saturated carbocycles. The third-order valence-corrected chi connectivity index (χ3v) is 5.32. The highest BCUT2D eigenvalue weighted by Gasteiger charge is 2.29. The van der Waals surface area contributed by atoms with Crippen molar-refractivity contribution in [1.82, 2.24) is 19.9 Å². The number of carbonyl (C=O) groups excluding carboxylic acids is 1. The van der Waals surface area contributed by atoms with Crippen molar-refractivity contribution >= 4 is 17.1 Å². The smallest absolute Gasteiger partial charge is 0.348 e. The van der Waals surface area contributed by atoms with E-state index >= 15 is 0 Å². The van der Waals surface area contributed by atoms with Gasteiger partial charge in [0.25, 0.3) is 11.5 Å². The molecule has 0 aliphatic carbocycles. The van der Waals surface area contributed by atoms with E-state index in [-0.39, 0.29) is 29.7 Å². The number of halogens is 3. The fraction of sp³-hybridized carbons (Fsp3) is 0.200. The van der Waals surface area contributed by atoms with Gasteiger partial charge in [-0.3, -0.25) is 14.2 Å². The van der Waals surface area contributed by atoms with E-state index in [9.17, 15) is 22.8 Å². The molecule has 1 amide bonds. The van der Waals surface area contributed by atoms with Gasteiger partial charge >= 0.3 is 6.18 Å². The maximum atomic E-state index is 13.1. The molecular weight excluding hydrogens is 445 g/mol. The van der Waals surface area contributed by atoms with E-state index in [0.717, 1.165) is 12.1 Å². The summed E-state index contributed by atoms with van der Waals surface area (Å²) < 4.78 is 39.6. The zero-order valence-corrected chi connectivity index (χ0v) is 18.4. The van der Waals surface area contributed by atoms with E-state index in [4.69, 9.17) is 0 Å². The molecule has 0 fully saturated rings. The van der Waals surface area contributed by atoms with Crippen LogP contribution in [0.1, 0.15) is 41.4 Å². The van der Waals surface area contributed by atoms with Crippen LogP contribution in [0.5, 0.6) is 0 Å². The second kappa shape index (κ2) is 9.09. The Bertz CT molecular complexity index is 1390. The van der Waals surface area contributed by atoms with Crippen LogP contribution in [0.15, 0.2) is 71.7 Å². The van der Waals surface area contributed by atoms with E-state index in [1.165, 1.54) is 12.1 Å². The number of nitrogens with one attached hydrogen (secondary N) is 1. The van der Waals surface area contributed by atoms with Crippen LogP contribution in [-0.2, 0) is 12.7 Å². The zero-order valence-electron chi connectivity index (χ0n) is 18.4. The minimum atomic E-state index is -4.40. The van der Waals surface area contributed by atoms with Gasteiger partial charge < -0.3 is 5.32 Å². The molecule has 0 unspecified atom stereocenters. The van der Waals surface area contributed by atoms with Crippen molar-refractivity contribution in [3.8, 4) is 11.3 Å². The molecule has 2 aromatic carbocycles. The molecule has 4 aromatic rings. The minimum absolute atomic E-state index is 0.0804. The Morgan fingerprint density at radius 3 is 2.32 bits per heavy atom. The van der Waals surface area contributed by atoms with Gasteiger partial charge in [0.1, 0.15) is 11.2 Å². The quantitative estimate of drug-likeness (QED) is 0.450. The van der Waals surface area contributed by atoms with E-state index in [1.807, 2.05) is 13.8 Å². The van der Waals surface area contributed by atoms with Crippen LogP contribution in [0, 0.1) is 0 Å². The average Bonchev–Trinajstić information content (AvgIpc) is 2.81. The summed E-state index contributed by atoms with van der Waals surface area (Å²) in [5.74, 6) is -0.387. The van der Waals surface area contributed by atoms with Gasteiger partial charge in [-0.15, -0.1) is 0 Å². The maximum Gasteiger partial charge on any atom is 0.416 e. The van der Waals surface area contributed by atoms with Crippen molar-refractivity contribution in [2.24, 2.45) is 0 Å². The van der Waals surface area contributed by atoms with Gasteiger partial charge in [-0.05, 0) is 55.8 Å². The van der Waals surface area contributed by atoms with Gasteiger partial charge in [-0.1, -0.05) is 24.3 Å². The molecule has 0 radical (unpaired) electrons. The van der Waals surface area contributed by atoms with Crippen LogP contribution in [-0.4, -0.2) is 20.4 Å². The lowest BCUT2D eigenvalue weighted by Crippen LogP contribution is -2.26. The van der Waals surface area contributed by atoms with Crippen LogP contribution in [0.4, 0.5) is 13.2 Å². The highest BCUT2D eigenvalue weighted by Crippen LogP contribution is 2.29. The largest absolute Gasteiger partial charge is 0.416 e. The Kier molecular flexibility index (Phi) is 6.19. The van der Waals surface area contributed by atoms with Crippen molar-refractivity contribution in [3.05, 3.63) is 93.9 Å². The number of rotatable bonds is 5.